The van der Waals surface area contributed by atoms with E-state index in [-0.39, 0.29) is 17.7 Å². The van der Waals surface area contributed by atoms with Crippen molar-refractivity contribution in [2.24, 2.45) is 11.8 Å². The highest BCUT2D eigenvalue weighted by atomic mass is 16.4. The molecule has 18 heavy (non-hydrogen) atoms. The number of nitrogens with zero attached hydrogens (tertiary/aromatic N) is 3. The number of carboxylic acids is 1. The van der Waals surface area contributed by atoms with Crippen molar-refractivity contribution in [2.75, 3.05) is 6.54 Å². The molecule has 7 heteroatoms. The van der Waals surface area contributed by atoms with Crippen molar-refractivity contribution in [1.82, 2.24) is 20.3 Å². The van der Waals surface area contributed by atoms with Gasteiger partial charge in [-0.3, -0.25) is 14.3 Å². The summed E-state index contributed by atoms with van der Waals surface area (Å²) in [6, 6.07) is 0. The molecule has 1 aliphatic carbocycles. The van der Waals surface area contributed by atoms with Gasteiger partial charge in [0.25, 0.3) is 0 Å². The molecule has 1 aliphatic rings. The highest BCUT2D eigenvalue weighted by Gasteiger charge is 2.33. The zero-order chi connectivity index (χ0) is 13.0. The number of aromatic nitrogens is 3. The minimum absolute atomic E-state index is 0.0566. The minimum atomic E-state index is -0.798. The van der Waals surface area contributed by atoms with E-state index in [1.54, 1.807) is 17.1 Å². The molecule has 2 rings (SSSR count). The van der Waals surface area contributed by atoms with Crippen LogP contribution in [0, 0.1) is 11.8 Å². The van der Waals surface area contributed by atoms with E-state index >= 15 is 0 Å². The van der Waals surface area contributed by atoms with E-state index in [9.17, 15) is 9.59 Å². The molecule has 2 atom stereocenters. The van der Waals surface area contributed by atoms with Crippen molar-refractivity contribution in [1.29, 1.82) is 0 Å². The number of amides is 1. The van der Waals surface area contributed by atoms with Crippen molar-refractivity contribution < 1.29 is 14.7 Å². The molecule has 0 aliphatic heterocycles. The molecule has 0 bridgehead atoms. The Hall–Kier alpha value is -1.92. The van der Waals surface area contributed by atoms with Gasteiger partial charge in [-0.05, 0) is 19.3 Å². The molecule has 7 nitrogen and oxygen atoms in total. The lowest BCUT2D eigenvalue weighted by Gasteiger charge is -2.10. The van der Waals surface area contributed by atoms with Crippen molar-refractivity contribution in [3.8, 4) is 0 Å². The molecule has 2 N–H and O–H groups in total. The molecule has 1 fully saturated rings. The van der Waals surface area contributed by atoms with Crippen LogP contribution < -0.4 is 5.32 Å². The summed E-state index contributed by atoms with van der Waals surface area (Å²) in [6.45, 7) is 1.05. The summed E-state index contributed by atoms with van der Waals surface area (Å²) in [5, 5.41) is 19.1. The van der Waals surface area contributed by atoms with Crippen LogP contribution in [0.3, 0.4) is 0 Å². The molecule has 1 saturated carbocycles. The second kappa shape index (κ2) is 5.61. The van der Waals surface area contributed by atoms with Crippen molar-refractivity contribution in [3.05, 3.63) is 12.4 Å². The maximum absolute atomic E-state index is 11.8. The van der Waals surface area contributed by atoms with Crippen LogP contribution in [0.4, 0.5) is 0 Å². The van der Waals surface area contributed by atoms with Crippen LogP contribution in [-0.2, 0) is 16.1 Å². The molecule has 0 spiro atoms. The van der Waals surface area contributed by atoms with Crippen molar-refractivity contribution >= 4 is 11.9 Å². The highest BCUT2D eigenvalue weighted by molar-refractivity contribution is 5.80. The van der Waals surface area contributed by atoms with Crippen LogP contribution in [0.1, 0.15) is 19.3 Å². The Morgan fingerprint density at radius 3 is 2.78 bits per heavy atom. The number of hydrogen-bond donors (Lipinski definition) is 2. The summed E-state index contributed by atoms with van der Waals surface area (Å²) >= 11 is 0. The first kappa shape index (κ1) is 12.5. The zero-order valence-corrected chi connectivity index (χ0v) is 9.95. The minimum Gasteiger partial charge on any atom is -0.481 e. The third-order valence-corrected chi connectivity index (χ3v) is 3.26. The highest BCUT2D eigenvalue weighted by Crippen LogP contribution is 2.30. The molecule has 0 aromatic carbocycles. The van der Waals surface area contributed by atoms with E-state index in [2.05, 4.69) is 15.6 Å². The maximum atomic E-state index is 11.8. The van der Waals surface area contributed by atoms with E-state index in [0.717, 1.165) is 0 Å². The SMILES string of the molecule is O=C(O)[C@H]1CC[C@@H](C(=O)NCCn2ccnn2)C1. The van der Waals surface area contributed by atoms with Gasteiger partial charge in [0.05, 0.1) is 18.7 Å². The molecule has 1 heterocycles. The van der Waals surface area contributed by atoms with E-state index < -0.39 is 5.97 Å². The van der Waals surface area contributed by atoms with Crippen LogP contribution in [-0.4, -0.2) is 38.5 Å². The quantitative estimate of drug-likeness (QED) is 0.762. The molecule has 0 radical (unpaired) electrons. The lowest BCUT2D eigenvalue weighted by Crippen LogP contribution is -2.32. The molecular formula is C11H16N4O3. The summed E-state index contributed by atoms with van der Waals surface area (Å²) in [4.78, 5) is 22.6. The summed E-state index contributed by atoms with van der Waals surface area (Å²) in [7, 11) is 0. The topological polar surface area (TPSA) is 97.1 Å². The summed E-state index contributed by atoms with van der Waals surface area (Å²) < 4.78 is 1.63. The number of rotatable bonds is 5. The monoisotopic (exact) mass is 252 g/mol. The molecule has 1 aromatic rings. The van der Waals surface area contributed by atoms with Gasteiger partial charge in [0.2, 0.25) is 5.91 Å². The molecule has 98 valence electrons. The predicted molar refractivity (Wildman–Crippen MR) is 61.5 cm³/mol. The van der Waals surface area contributed by atoms with Crippen LogP contribution in [0.15, 0.2) is 12.4 Å². The first-order valence-electron chi connectivity index (χ1n) is 6.01. The smallest absolute Gasteiger partial charge is 0.306 e. The second-order valence-corrected chi connectivity index (χ2v) is 4.50. The van der Waals surface area contributed by atoms with Gasteiger partial charge in [-0.2, -0.15) is 0 Å². The largest absolute Gasteiger partial charge is 0.481 e. The average Bonchev–Trinajstić information content (AvgIpc) is 2.99. The van der Waals surface area contributed by atoms with E-state index in [0.29, 0.717) is 32.4 Å². The van der Waals surface area contributed by atoms with Gasteiger partial charge in [-0.15, -0.1) is 5.10 Å². The third kappa shape index (κ3) is 3.06. The zero-order valence-electron chi connectivity index (χ0n) is 9.95. The Morgan fingerprint density at radius 1 is 1.39 bits per heavy atom. The third-order valence-electron chi connectivity index (χ3n) is 3.26. The first-order valence-corrected chi connectivity index (χ1v) is 6.01. The fourth-order valence-corrected chi connectivity index (χ4v) is 2.23. The Bertz CT molecular complexity index is 418. The van der Waals surface area contributed by atoms with Gasteiger partial charge in [-0.1, -0.05) is 5.21 Å². The summed E-state index contributed by atoms with van der Waals surface area (Å²) in [5.74, 6) is -1.38. The molecule has 0 unspecified atom stereocenters. The molecule has 1 amide bonds. The summed E-state index contributed by atoms with van der Waals surface area (Å²) in [6.07, 6.45) is 5.01. The number of carbonyl (C=O) groups excluding carboxylic acids is 1. The van der Waals surface area contributed by atoms with Gasteiger partial charge in [0, 0.05) is 18.7 Å². The van der Waals surface area contributed by atoms with E-state index in [1.165, 1.54) is 0 Å². The Kier molecular flexibility index (Phi) is 3.91. The Labute approximate surface area is 104 Å². The van der Waals surface area contributed by atoms with Crippen LogP contribution in [0.2, 0.25) is 0 Å². The molecular weight excluding hydrogens is 236 g/mol. The van der Waals surface area contributed by atoms with Gasteiger partial charge in [-0.25, -0.2) is 0 Å². The van der Waals surface area contributed by atoms with Gasteiger partial charge >= 0.3 is 5.97 Å². The first-order chi connectivity index (χ1) is 8.66. The fourth-order valence-electron chi connectivity index (χ4n) is 2.23. The van der Waals surface area contributed by atoms with Crippen molar-refractivity contribution in [2.45, 2.75) is 25.8 Å². The number of hydrogen-bond acceptors (Lipinski definition) is 4. The van der Waals surface area contributed by atoms with E-state index in [1.807, 2.05) is 0 Å². The number of aliphatic carboxylic acids is 1. The van der Waals surface area contributed by atoms with Gasteiger partial charge in [0.15, 0.2) is 0 Å². The fraction of sp³-hybridized carbons (Fsp3) is 0.636. The Balaban J connectivity index is 1.71. The van der Waals surface area contributed by atoms with E-state index in [4.69, 9.17) is 5.11 Å². The van der Waals surface area contributed by atoms with Crippen molar-refractivity contribution in [3.63, 3.8) is 0 Å². The van der Waals surface area contributed by atoms with Gasteiger partial charge < -0.3 is 10.4 Å². The second-order valence-electron chi connectivity index (χ2n) is 4.50. The van der Waals surface area contributed by atoms with Crippen LogP contribution >= 0.6 is 0 Å². The Morgan fingerprint density at radius 2 is 2.17 bits per heavy atom. The van der Waals surface area contributed by atoms with Gasteiger partial charge in [0.1, 0.15) is 0 Å². The number of carbonyl (C=O) groups is 2. The maximum Gasteiger partial charge on any atom is 0.306 e. The lowest BCUT2D eigenvalue weighted by molar-refractivity contribution is -0.141. The van der Waals surface area contributed by atoms with Crippen LogP contribution in [0.25, 0.3) is 0 Å². The normalized spacial score (nSPS) is 22.9. The lowest BCUT2D eigenvalue weighted by atomic mass is 10.0. The number of nitrogens with one attached hydrogen (secondary N) is 1. The standard InChI is InChI=1S/C11H16N4O3/c16-10(8-1-2-9(7-8)11(17)18)12-3-5-15-6-4-13-14-15/h4,6,8-9H,1-3,5,7H2,(H,12,16)(H,17,18)/t8-,9+/m1/s1. The number of carboxylic acid groups (broad SMARTS) is 1. The molecule has 0 saturated heterocycles. The van der Waals surface area contributed by atoms with Crippen LogP contribution in [0.5, 0.6) is 0 Å². The average molecular weight is 252 g/mol. The summed E-state index contributed by atoms with van der Waals surface area (Å²) in [5.41, 5.74) is 0. The molecule has 1 aromatic heterocycles. The predicted octanol–water partition coefficient (Wildman–Crippen LogP) is -0.105.